The van der Waals surface area contributed by atoms with E-state index in [2.05, 4.69) is 43.2 Å². The van der Waals surface area contributed by atoms with Crippen molar-refractivity contribution in [3.05, 3.63) is 70.3 Å². The molecule has 0 bridgehead atoms. The van der Waals surface area contributed by atoms with Crippen LogP contribution in [0.3, 0.4) is 0 Å². The van der Waals surface area contributed by atoms with Crippen molar-refractivity contribution in [2.45, 2.75) is 0 Å². The Kier molecular flexibility index (Phi) is 5.42. The topological polar surface area (TPSA) is 71.8 Å². The predicted octanol–water partition coefficient (Wildman–Crippen LogP) is 2.71. The molecule has 24 heavy (non-hydrogen) atoms. The summed E-state index contributed by atoms with van der Waals surface area (Å²) in [6.45, 7) is 1.09. The van der Waals surface area contributed by atoms with Gasteiger partial charge < -0.3 is 15.2 Å². The lowest BCUT2D eigenvalue weighted by molar-refractivity contribution is 0.0954. The molecule has 0 saturated heterocycles. The summed E-state index contributed by atoms with van der Waals surface area (Å²) in [6.07, 6.45) is 5.37. The van der Waals surface area contributed by atoms with Crippen LogP contribution < -0.4 is 10.6 Å². The third kappa shape index (κ3) is 4.10. The fourth-order valence-electron chi connectivity index (χ4n) is 2.18. The summed E-state index contributed by atoms with van der Waals surface area (Å²) in [4.78, 5) is 20.5. The number of nitrogens with one attached hydrogen (secondary N) is 2. The number of carbonyl (C=O) groups is 1. The van der Waals surface area contributed by atoms with Crippen molar-refractivity contribution in [1.82, 2.24) is 19.9 Å². The molecule has 2 aromatic heterocycles. The van der Waals surface area contributed by atoms with Crippen LogP contribution in [0.2, 0.25) is 0 Å². The van der Waals surface area contributed by atoms with Gasteiger partial charge in [0.1, 0.15) is 18.0 Å². The molecular weight excluding hydrogens is 417 g/mol. The van der Waals surface area contributed by atoms with E-state index in [4.69, 9.17) is 0 Å². The molecule has 2 heterocycles. The number of carbonyl (C=O) groups excluding carboxylic acids is 1. The van der Waals surface area contributed by atoms with Crippen molar-refractivity contribution in [2.75, 3.05) is 18.4 Å². The molecule has 0 aliphatic heterocycles. The fraction of sp³-hybridized carbons (Fsp3) is 0.118. The lowest BCUT2D eigenvalue weighted by Gasteiger charge is -2.09. The Morgan fingerprint density at radius 2 is 1.88 bits per heavy atom. The molecule has 6 nitrogen and oxygen atoms in total. The van der Waals surface area contributed by atoms with E-state index < -0.39 is 0 Å². The third-order valence-corrected chi connectivity index (χ3v) is 4.30. The van der Waals surface area contributed by atoms with Crippen LogP contribution in [0.25, 0.3) is 5.82 Å². The second-order valence-electron chi connectivity index (χ2n) is 5.01. The second kappa shape index (κ2) is 7.91. The maximum atomic E-state index is 12.1. The highest BCUT2D eigenvalue weighted by atomic mass is 127. The number of benzene rings is 1. The van der Waals surface area contributed by atoms with Gasteiger partial charge in [-0.05, 0) is 46.9 Å². The Bertz CT molecular complexity index is 819. The Labute approximate surface area is 153 Å². The van der Waals surface area contributed by atoms with Crippen LogP contribution in [0.1, 0.15) is 10.4 Å². The van der Waals surface area contributed by atoms with Crippen molar-refractivity contribution < 1.29 is 4.79 Å². The Morgan fingerprint density at radius 1 is 1.08 bits per heavy atom. The fourth-order valence-corrected chi connectivity index (χ4v) is 2.81. The largest absolute Gasteiger partial charge is 0.368 e. The van der Waals surface area contributed by atoms with Crippen molar-refractivity contribution in [2.24, 2.45) is 0 Å². The van der Waals surface area contributed by atoms with Crippen LogP contribution in [0, 0.1) is 3.57 Å². The van der Waals surface area contributed by atoms with Gasteiger partial charge in [-0.3, -0.25) is 4.79 Å². The normalized spacial score (nSPS) is 10.4. The summed E-state index contributed by atoms with van der Waals surface area (Å²) in [5.41, 5.74) is 0.690. The summed E-state index contributed by atoms with van der Waals surface area (Å²) >= 11 is 2.16. The van der Waals surface area contributed by atoms with Crippen LogP contribution >= 0.6 is 22.6 Å². The first-order valence-electron chi connectivity index (χ1n) is 7.46. The third-order valence-electron chi connectivity index (χ3n) is 3.36. The number of hydrogen-bond donors (Lipinski definition) is 2. The first kappa shape index (κ1) is 16.4. The van der Waals surface area contributed by atoms with E-state index in [9.17, 15) is 4.79 Å². The second-order valence-corrected chi connectivity index (χ2v) is 6.18. The molecule has 0 fully saturated rings. The zero-order valence-corrected chi connectivity index (χ0v) is 15.0. The lowest BCUT2D eigenvalue weighted by atomic mass is 10.2. The Morgan fingerprint density at radius 3 is 2.67 bits per heavy atom. The molecule has 0 aliphatic carbocycles. The van der Waals surface area contributed by atoms with E-state index >= 15 is 0 Å². The van der Waals surface area contributed by atoms with Gasteiger partial charge >= 0.3 is 0 Å². The molecule has 1 amide bonds. The van der Waals surface area contributed by atoms with E-state index in [0.717, 1.165) is 15.2 Å². The molecular formula is C17H16IN5O. The molecule has 3 rings (SSSR count). The molecule has 0 unspecified atom stereocenters. The summed E-state index contributed by atoms with van der Waals surface area (Å²) in [5, 5.41) is 6.08. The van der Waals surface area contributed by atoms with Gasteiger partial charge in [0.2, 0.25) is 0 Å². The maximum Gasteiger partial charge on any atom is 0.252 e. The number of amides is 1. The monoisotopic (exact) mass is 433 g/mol. The molecule has 0 aliphatic rings. The number of hydrogen-bond acceptors (Lipinski definition) is 4. The molecule has 122 valence electrons. The van der Waals surface area contributed by atoms with E-state index in [1.807, 2.05) is 59.4 Å². The van der Waals surface area contributed by atoms with E-state index in [1.54, 1.807) is 0 Å². The van der Waals surface area contributed by atoms with Crippen LogP contribution in [0.5, 0.6) is 0 Å². The van der Waals surface area contributed by atoms with Crippen LogP contribution in [-0.4, -0.2) is 33.5 Å². The number of aromatic nitrogens is 3. The maximum absolute atomic E-state index is 12.1. The summed E-state index contributed by atoms with van der Waals surface area (Å²) in [7, 11) is 0. The average molecular weight is 433 g/mol. The standard InChI is InChI=1S/C17H16IN5O/c18-14-6-2-1-5-13(14)17(24)20-8-7-19-15-11-16(22-12-21-15)23-9-3-4-10-23/h1-6,9-12H,7-8H2,(H,20,24)(H,19,21,22). The number of anilines is 1. The predicted molar refractivity (Wildman–Crippen MR) is 101 cm³/mol. The smallest absolute Gasteiger partial charge is 0.252 e. The minimum Gasteiger partial charge on any atom is -0.368 e. The molecule has 0 radical (unpaired) electrons. The van der Waals surface area contributed by atoms with Gasteiger partial charge in [-0.25, -0.2) is 9.97 Å². The number of halogens is 1. The first-order chi connectivity index (χ1) is 11.7. The molecule has 0 atom stereocenters. The molecule has 0 spiro atoms. The van der Waals surface area contributed by atoms with Crippen LogP contribution in [0.4, 0.5) is 5.82 Å². The van der Waals surface area contributed by atoms with Crippen molar-refractivity contribution in [1.29, 1.82) is 0 Å². The van der Waals surface area contributed by atoms with Gasteiger partial charge in [-0.1, -0.05) is 12.1 Å². The first-order valence-corrected chi connectivity index (χ1v) is 8.54. The van der Waals surface area contributed by atoms with Crippen LogP contribution in [-0.2, 0) is 0 Å². The minimum absolute atomic E-state index is 0.0717. The van der Waals surface area contributed by atoms with E-state index in [1.165, 1.54) is 6.33 Å². The Balaban J connectivity index is 1.51. The average Bonchev–Trinajstić information content (AvgIpc) is 3.14. The molecule has 0 saturated carbocycles. The zero-order chi connectivity index (χ0) is 16.8. The highest BCUT2D eigenvalue weighted by Crippen LogP contribution is 2.11. The quantitative estimate of drug-likeness (QED) is 0.464. The number of nitrogens with zero attached hydrogens (tertiary/aromatic N) is 3. The highest BCUT2D eigenvalue weighted by molar-refractivity contribution is 14.1. The van der Waals surface area contributed by atoms with Gasteiger partial charge in [-0.2, -0.15) is 0 Å². The van der Waals surface area contributed by atoms with E-state index in [-0.39, 0.29) is 5.91 Å². The van der Waals surface area contributed by atoms with Gasteiger partial charge in [0.15, 0.2) is 0 Å². The van der Waals surface area contributed by atoms with Gasteiger partial charge in [0.25, 0.3) is 5.91 Å². The van der Waals surface area contributed by atoms with Gasteiger partial charge in [0.05, 0.1) is 5.56 Å². The van der Waals surface area contributed by atoms with Gasteiger partial charge in [-0.15, -0.1) is 0 Å². The molecule has 2 N–H and O–H groups in total. The SMILES string of the molecule is O=C(NCCNc1cc(-n2cccc2)ncn1)c1ccccc1I. The lowest BCUT2D eigenvalue weighted by Crippen LogP contribution is -2.29. The molecule has 1 aromatic carbocycles. The highest BCUT2D eigenvalue weighted by Gasteiger charge is 2.08. The molecule has 7 heteroatoms. The minimum atomic E-state index is -0.0717. The number of rotatable bonds is 6. The Hall–Kier alpha value is -2.42. The van der Waals surface area contributed by atoms with E-state index in [0.29, 0.717) is 18.7 Å². The van der Waals surface area contributed by atoms with Crippen LogP contribution in [0.15, 0.2) is 61.2 Å². The summed E-state index contributed by atoms with van der Waals surface area (Å²) in [6, 6.07) is 13.2. The van der Waals surface area contributed by atoms with Crippen molar-refractivity contribution >= 4 is 34.3 Å². The van der Waals surface area contributed by atoms with Crippen molar-refractivity contribution in [3.63, 3.8) is 0 Å². The zero-order valence-electron chi connectivity index (χ0n) is 12.8. The van der Waals surface area contributed by atoms with Gasteiger partial charge in [0, 0.05) is 35.1 Å². The molecule has 3 aromatic rings. The van der Waals surface area contributed by atoms with Crippen molar-refractivity contribution in [3.8, 4) is 5.82 Å². The summed E-state index contributed by atoms with van der Waals surface area (Å²) < 4.78 is 2.85. The summed E-state index contributed by atoms with van der Waals surface area (Å²) in [5.74, 6) is 1.44.